The molecule has 0 aliphatic rings. The highest BCUT2D eigenvalue weighted by Gasteiger charge is 2.19. The van der Waals surface area contributed by atoms with Gasteiger partial charge in [-0.25, -0.2) is 0 Å². The van der Waals surface area contributed by atoms with Crippen molar-refractivity contribution in [2.45, 2.75) is 25.5 Å². The lowest BCUT2D eigenvalue weighted by Crippen LogP contribution is -2.12. The molecule has 0 saturated carbocycles. The molecule has 0 aliphatic heterocycles. The summed E-state index contributed by atoms with van der Waals surface area (Å²) in [4.78, 5) is 0. The van der Waals surface area contributed by atoms with E-state index in [2.05, 4.69) is 20.7 Å². The first-order valence-electron chi connectivity index (χ1n) is 5.92. The van der Waals surface area contributed by atoms with E-state index in [1.165, 1.54) is 6.07 Å². The minimum absolute atomic E-state index is 0.142. The Hall–Kier alpha value is -1.31. The van der Waals surface area contributed by atoms with E-state index >= 15 is 0 Å². The van der Waals surface area contributed by atoms with Crippen LogP contribution in [-0.2, 0) is 16.6 Å². The SMILES string of the molecule is Cc1cc(NS(=O)(=O)c2ccc(CN)o2)cc(C)c1Br. The minimum atomic E-state index is -3.74. The van der Waals surface area contributed by atoms with Crippen LogP contribution in [0.2, 0.25) is 0 Å². The summed E-state index contributed by atoms with van der Waals surface area (Å²) in [5, 5.41) is -0.142. The Balaban J connectivity index is 2.33. The molecule has 7 heteroatoms. The van der Waals surface area contributed by atoms with Crippen LogP contribution in [0.4, 0.5) is 5.69 Å². The van der Waals surface area contributed by atoms with Crippen LogP contribution < -0.4 is 10.5 Å². The molecule has 0 amide bonds. The molecule has 1 aromatic carbocycles. The topological polar surface area (TPSA) is 85.3 Å². The molecule has 2 aromatic rings. The van der Waals surface area contributed by atoms with Gasteiger partial charge in [0.1, 0.15) is 5.76 Å². The van der Waals surface area contributed by atoms with E-state index < -0.39 is 10.0 Å². The number of benzene rings is 1. The zero-order chi connectivity index (χ0) is 14.9. The van der Waals surface area contributed by atoms with E-state index in [0.717, 1.165) is 15.6 Å². The van der Waals surface area contributed by atoms with Crippen LogP contribution in [0.15, 0.2) is 38.2 Å². The summed E-state index contributed by atoms with van der Waals surface area (Å²) in [5.41, 5.74) is 7.79. The summed E-state index contributed by atoms with van der Waals surface area (Å²) in [6.07, 6.45) is 0. The van der Waals surface area contributed by atoms with Crippen LogP contribution in [0.3, 0.4) is 0 Å². The minimum Gasteiger partial charge on any atom is -0.446 e. The van der Waals surface area contributed by atoms with Crippen molar-refractivity contribution in [3.8, 4) is 0 Å². The zero-order valence-electron chi connectivity index (χ0n) is 11.1. The molecule has 2 rings (SSSR count). The Bertz CT molecular complexity index is 715. The molecular formula is C13H15BrN2O3S. The van der Waals surface area contributed by atoms with Gasteiger partial charge < -0.3 is 10.2 Å². The standard InChI is InChI=1S/C13H15BrN2O3S/c1-8-5-10(6-9(2)13(8)14)16-20(17,18)12-4-3-11(7-15)19-12/h3-6,16H,7,15H2,1-2H3. The van der Waals surface area contributed by atoms with Gasteiger partial charge in [-0.2, -0.15) is 8.42 Å². The van der Waals surface area contributed by atoms with Gasteiger partial charge in [0.15, 0.2) is 0 Å². The first kappa shape index (κ1) is 15.1. The van der Waals surface area contributed by atoms with Gasteiger partial charge in [-0.1, -0.05) is 15.9 Å². The normalized spacial score (nSPS) is 11.6. The molecule has 3 N–H and O–H groups in total. The van der Waals surface area contributed by atoms with Crippen LogP contribution in [0.5, 0.6) is 0 Å². The van der Waals surface area contributed by atoms with Crippen LogP contribution in [0.25, 0.3) is 0 Å². The van der Waals surface area contributed by atoms with Gasteiger partial charge in [0.25, 0.3) is 10.0 Å². The number of furan rings is 1. The fourth-order valence-corrected chi connectivity index (χ4v) is 3.04. The van der Waals surface area contributed by atoms with E-state index in [4.69, 9.17) is 10.2 Å². The van der Waals surface area contributed by atoms with Crippen molar-refractivity contribution in [2.24, 2.45) is 5.73 Å². The maximum Gasteiger partial charge on any atom is 0.295 e. The zero-order valence-corrected chi connectivity index (χ0v) is 13.5. The molecule has 0 aliphatic carbocycles. The van der Waals surface area contributed by atoms with Crippen molar-refractivity contribution in [1.82, 2.24) is 0 Å². The Morgan fingerprint density at radius 3 is 2.35 bits per heavy atom. The number of hydrogen-bond donors (Lipinski definition) is 2. The fraction of sp³-hybridized carbons (Fsp3) is 0.231. The maximum atomic E-state index is 12.2. The first-order chi connectivity index (χ1) is 9.33. The van der Waals surface area contributed by atoms with Gasteiger partial charge in [0.2, 0.25) is 5.09 Å². The number of anilines is 1. The molecule has 0 unspecified atom stereocenters. The number of hydrogen-bond acceptors (Lipinski definition) is 4. The second-order valence-electron chi connectivity index (χ2n) is 4.45. The summed E-state index contributed by atoms with van der Waals surface area (Å²) in [7, 11) is -3.74. The largest absolute Gasteiger partial charge is 0.446 e. The van der Waals surface area contributed by atoms with Gasteiger partial charge >= 0.3 is 0 Å². The lowest BCUT2D eigenvalue weighted by Gasteiger charge is -2.10. The first-order valence-corrected chi connectivity index (χ1v) is 8.19. The average molecular weight is 359 g/mol. The summed E-state index contributed by atoms with van der Waals surface area (Å²) < 4.78 is 33.0. The Labute approximate surface area is 126 Å². The van der Waals surface area contributed by atoms with E-state index in [1.54, 1.807) is 18.2 Å². The number of nitrogens with two attached hydrogens (primary N) is 1. The summed E-state index contributed by atoms with van der Waals surface area (Å²) >= 11 is 3.44. The molecular weight excluding hydrogens is 344 g/mol. The molecule has 0 saturated heterocycles. The lowest BCUT2D eigenvalue weighted by atomic mass is 10.1. The molecule has 0 atom stereocenters. The Morgan fingerprint density at radius 2 is 1.85 bits per heavy atom. The van der Waals surface area contributed by atoms with Gasteiger partial charge in [-0.3, -0.25) is 4.72 Å². The van der Waals surface area contributed by atoms with Crippen molar-refractivity contribution in [3.05, 3.63) is 45.6 Å². The molecule has 5 nitrogen and oxygen atoms in total. The third-order valence-corrected chi connectivity index (χ3v) is 5.30. The van der Waals surface area contributed by atoms with E-state index in [0.29, 0.717) is 11.4 Å². The van der Waals surface area contributed by atoms with Crippen molar-refractivity contribution in [2.75, 3.05) is 4.72 Å². The van der Waals surface area contributed by atoms with Crippen molar-refractivity contribution in [1.29, 1.82) is 0 Å². The highest BCUT2D eigenvalue weighted by molar-refractivity contribution is 9.10. The van der Waals surface area contributed by atoms with Crippen LogP contribution >= 0.6 is 15.9 Å². The summed E-state index contributed by atoms with van der Waals surface area (Å²) in [6, 6.07) is 6.44. The van der Waals surface area contributed by atoms with Crippen molar-refractivity contribution < 1.29 is 12.8 Å². The number of nitrogens with one attached hydrogen (secondary N) is 1. The number of sulfonamides is 1. The molecule has 0 bridgehead atoms. The number of aryl methyl sites for hydroxylation is 2. The fourth-order valence-electron chi connectivity index (χ4n) is 1.82. The average Bonchev–Trinajstić information content (AvgIpc) is 2.85. The van der Waals surface area contributed by atoms with Gasteiger partial charge in [0.05, 0.1) is 6.54 Å². The van der Waals surface area contributed by atoms with Crippen LogP contribution in [-0.4, -0.2) is 8.42 Å². The van der Waals surface area contributed by atoms with E-state index in [1.807, 2.05) is 13.8 Å². The molecule has 1 heterocycles. The number of halogens is 1. The molecule has 108 valence electrons. The summed E-state index contributed by atoms with van der Waals surface area (Å²) in [5.74, 6) is 0.425. The smallest absolute Gasteiger partial charge is 0.295 e. The molecule has 0 radical (unpaired) electrons. The molecule has 0 fully saturated rings. The third-order valence-electron chi connectivity index (χ3n) is 2.79. The maximum absolute atomic E-state index is 12.2. The molecule has 0 spiro atoms. The summed E-state index contributed by atoms with van der Waals surface area (Å²) in [6.45, 7) is 3.95. The van der Waals surface area contributed by atoms with Crippen molar-refractivity contribution in [3.63, 3.8) is 0 Å². The monoisotopic (exact) mass is 358 g/mol. The lowest BCUT2D eigenvalue weighted by molar-refractivity contribution is 0.417. The second kappa shape index (κ2) is 5.59. The highest BCUT2D eigenvalue weighted by Crippen LogP contribution is 2.26. The van der Waals surface area contributed by atoms with Crippen molar-refractivity contribution >= 4 is 31.6 Å². The Kier molecular flexibility index (Phi) is 4.22. The van der Waals surface area contributed by atoms with E-state index in [-0.39, 0.29) is 11.6 Å². The molecule has 20 heavy (non-hydrogen) atoms. The Morgan fingerprint density at radius 1 is 1.25 bits per heavy atom. The number of rotatable bonds is 4. The molecule has 1 aromatic heterocycles. The predicted molar refractivity (Wildman–Crippen MR) is 81.0 cm³/mol. The van der Waals surface area contributed by atoms with Crippen LogP contribution in [0, 0.1) is 13.8 Å². The van der Waals surface area contributed by atoms with Gasteiger partial charge in [-0.05, 0) is 49.2 Å². The van der Waals surface area contributed by atoms with Gasteiger partial charge in [-0.15, -0.1) is 0 Å². The van der Waals surface area contributed by atoms with E-state index in [9.17, 15) is 8.42 Å². The second-order valence-corrected chi connectivity index (χ2v) is 6.86. The predicted octanol–water partition coefficient (Wildman–Crippen LogP) is 2.92. The third kappa shape index (κ3) is 3.05. The van der Waals surface area contributed by atoms with Gasteiger partial charge in [0, 0.05) is 10.2 Å². The quantitative estimate of drug-likeness (QED) is 0.879. The highest BCUT2D eigenvalue weighted by atomic mass is 79.9. The van der Waals surface area contributed by atoms with Crippen LogP contribution in [0.1, 0.15) is 16.9 Å².